The van der Waals surface area contributed by atoms with Gasteiger partial charge in [-0.2, -0.15) is 0 Å². The van der Waals surface area contributed by atoms with Gasteiger partial charge in [-0.05, 0) is 14.1 Å². The largest absolute Gasteiger partial charge is 0.396 e. The predicted octanol–water partition coefficient (Wildman–Crippen LogP) is -0.115. The van der Waals surface area contributed by atoms with Crippen LogP contribution in [0, 0.1) is 5.41 Å². The van der Waals surface area contributed by atoms with E-state index in [1.807, 2.05) is 13.8 Å². The molecule has 1 atom stereocenters. The number of hydrogen-bond donors (Lipinski definition) is 2. The Kier molecular flexibility index (Phi) is 3.28. The SMILES string of the molecule is CN(C)C(O)C(C)(C)CO. The average Bonchev–Trinajstić information content (AvgIpc) is 1.86. The van der Waals surface area contributed by atoms with Crippen LogP contribution in [0.1, 0.15) is 13.8 Å². The van der Waals surface area contributed by atoms with Gasteiger partial charge in [0.1, 0.15) is 6.23 Å². The molecule has 10 heavy (non-hydrogen) atoms. The minimum absolute atomic E-state index is 0.00759. The fourth-order valence-electron chi connectivity index (χ4n) is 0.781. The monoisotopic (exact) mass is 147 g/mol. The first kappa shape index (κ1) is 9.88. The quantitative estimate of drug-likeness (QED) is 0.547. The molecular formula is C7H17NO2. The van der Waals surface area contributed by atoms with E-state index in [-0.39, 0.29) is 6.61 Å². The highest BCUT2D eigenvalue weighted by Gasteiger charge is 2.28. The summed E-state index contributed by atoms with van der Waals surface area (Å²) in [4.78, 5) is 1.68. The van der Waals surface area contributed by atoms with Crippen LogP contribution in [0.25, 0.3) is 0 Å². The molecular weight excluding hydrogens is 130 g/mol. The Morgan fingerprint density at radius 3 is 1.90 bits per heavy atom. The number of nitrogens with zero attached hydrogens (tertiary/aromatic N) is 1. The van der Waals surface area contributed by atoms with Crippen LogP contribution < -0.4 is 0 Å². The van der Waals surface area contributed by atoms with Crippen LogP contribution in [-0.4, -0.2) is 42.0 Å². The highest BCUT2D eigenvalue weighted by Crippen LogP contribution is 2.20. The Hall–Kier alpha value is -0.120. The first-order valence-corrected chi connectivity index (χ1v) is 3.37. The topological polar surface area (TPSA) is 43.7 Å². The van der Waals surface area contributed by atoms with Gasteiger partial charge in [0.15, 0.2) is 0 Å². The summed E-state index contributed by atoms with van der Waals surface area (Å²) < 4.78 is 0. The van der Waals surface area contributed by atoms with Crippen molar-refractivity contribution >= 4 is 0 Å². The third-order valence-electron chi connectivity index (χ3n) is 1.60. The molecule has 0 aliphatic rings. The molecule has 62 valence electrons. The zero-order chi connectivity index (χ0) is 8.36. The molecule has 3 nitrogen and oxygen atoms in total. The highest BCUT2D eigenvalue weighted by molar-refractivity contribution is 4.74. The van der Waals surface area contributed by atoms with E-state index in [2.05, 4.69) is 0 Å². The summed E-state index contributed by atoms with van der Waals surface area (Å²) in [7, 11) is 3.56. The van der Waals surface area contributed by atoms with E-state index >= 15 is 0 Å². The Balaban J connectivity index is 4.03. The fourth-order valence-corrected chi connectivity index (χ4v) is 0.781. The summed E-state index contributed by atoms with van der Waals surface area (Å²) in [6, 6.07) is 0. The molecule has 1 unspecified atom stereocenters. The maximum Gasteiger partial charge on any atom is 0.114 e. The van der Waals surface area contributed by atoms with Gasteiger partial charge in [0, 0.05) is 5.41 Å². The fraction of sp³-hybridized carbons (Fsp3) is 1.00. The van der Waals surface area contributed by atoms with Crippen molar-refractivity contribution in [3.63, 3.8) is 0 Å². The lowest BCUT2D eigenvalue weighted by atomic mass is 9.92. The number of rotatable bonds is 3. The van der Waals surface area contributed by atoms with E-state index in [0.29, 0.717) is 0 Å². The lowest BCUT2D eigenvalue weighted by Crippen LogP contribution is -2.43. The van der Waals surface area contributed by atoms with E-state index in [1.165, 1.54) is 0 Å². The van der Waals surface area contributed by atoms with Crippen molar-refractivity contribution in [2.45, 2.75) is 20.1 Å². The van der Waals surface area contributed by atoms with Crippen LogP contribution in [0.2, 0.25) is 0 Å². The Morgan fingerprint density at radius 1 is 1.40 bits per heavy atom. The zero-order valence-electron chi connectivity index (χ0n) is 7.13. The minimum atomic E-state index is -0.586. The molecule has 0 aromatic heterocycles. The van der Waals surface area contributed by atoms with E-state index in [1.54, 1.807) is 19.0 Å². The van der Waals surface area contributed by atoms with Crippen molar-refractivity contribution in [1.82, 2.24) is 4.90 Å². The third kappa shape index (κ3) is 2.25. The normalized spacial score (nSPS) is 15.9. The van der Waals surface area contributed by atoms with Gasteiger partial charge < -0.3 is 10.2 Å². The molecule has 0 aromatic carbocycles. The van der Waals surface area contributed by atoms with E-state index in [9.17, 15) is 5.11 Å². The van der Waals surface area contributed by atoms with Crippen molar-refractivity contribution in [3.8, 4) is 0 Å². The first-order valence-electron chi connectivity index (χ1n) is 3.37. The van der Waals surface area contributed by atoms with Gasteiger partial charge in [-0.3, -0.25) is 4.90 Å². The molecule has 0 rings (SSSR count). The minimum Gasteiger partial charge on any atom is -0.396 e. The molecule has 0 radical (unpaired) electrons. The third-order valence-corrected chi connectivity index (χ3v) is 1.60. The van der Waals surface area contributed by atoms with Gasteiger partial charge in [-0.25, -0.2) is 0 Å². The van der Waals surface area contributed by atoms with Crippen molar-refractivity contribution in [2.75, 3.05) is 20.7 Å². The smallest absolute Gasteiger partial charge is 0.114 e. The van der Waals surface area contributed by atoms with Crippen LogP contribution in [0.4, 0.5) is 0 Å². The van der Waals surface area contributed by atoms with Crippen molar-refractivity contribution in [3.05, 3.63) is 0 Å². The van der Waals surface area contributed by atoms with Crippen molar-refractivity contribution in [1.29, 1.82) is 0 Å². The van der Waals surface area contributed by atoms with E-state index in [0.717, 1.165) is 0 Å². The van der Waals surface area contributed by atoms with Crippen molar-refractivity contribution in [2.24, 2.45) is 5.41 Å². The van der Waals surface area contributed by atoms with Gasteiger partial charge in [0.05, 0.1) is 6.61 Å². The maximum absolute atomic E-state index is 9.42. The standard InChI is InChI=1S/C7H17NO2/c1-7(2,5-9)6(10)8(3)4/h6,9-10H,5H2,1-4H3. The summed E-state index contributed by atoms with van der Waals surface area (Å²) in [5.41, 5.74) is -0.441. The molecule has 0 amide bonds. The van der Waals surface area contributed by atoms with E-state index < -0.39 is 11.6 Å². The lowest BCUT2D eigenvalue weighted by molar-refractivity contribution is -0.0751. The molecule has 3 heteroatoms. The second kappa shape index (κ2) is 3.32. The summed E-state index contributed by atoms with van der Waals surface area (Å²) in [6.45, 7) is 3.63. The van der Waals surface area contributed by atoms with Gasteiger partial charge in [-0.15, -0.1) is 0 Å². The number of hydrogen-bond acceptors (Lipinski definition) is 3. The molecule has 0 bridgehead atoms. The summed E-state index contributed by atoms with van der Waals surface area (Å²) in [6.07, 6.45) is -0.586. The molecule has 0 saturated carbocycles. The molecule has 0 spiro atoms. The average molecular weight is 147 g/mol. The Morgan fingerprint density at radius 2 is 1.80 bits per heavy atom. The summed E-state index contributed by atoms with van der Waals surface area (Å²) in [5.74, 6) is 0. The van der Waals surface area contributed by atoms with Gasteiger partial charge in [0.25, 0.3) is 0 Å². The second-order valence-corrected chi connectivity index (χ2v) is 3.48. The van der Waals surface area contributed by atoms with Gasteiger partial charge in [-0.1, -0.05) is 13.8 Å². The summed E-state index contributed by atoms with van der Waals surface area (Å²) in [5, 5.41) is 18.2. The number of aliphatic hydroxyl groups is 2. The van der Waals surface area contributed by atoms with Crippen molar-refractivity contribution < 1.29 is 10.2 Å². The molecule has 0 aliphatic carbocycles. The number of aliphatic hydroxyl groups excluding tert-OH is 2. The van der Waals surface area contributed by atoms with Gasteiger partial charge in [0.2, 0.25) is 0 Å². The van der Waals surface area contributed by atoms with Crippen LogP contribution in [0.5, 0.6) is 0 Å². The molecule has 0 heterocycles. The van der Waals surface area contributed by atoms with Crippen LogP contribution >= 0.6 is 0 Å². The zero-order valence-corrected chi connectivity index (χ0v) is 7.13. The molecule has 0 aromatic rings. The van der Waals surface area contributed by atoms with E-state index in [4.69, 9.17) is 5.11 Å². The molecule has 2 N–H and O–H groups in total. The lowest BCUT2D eigenvalue weighted by Gasteiger charge is -2.32. The molecule has 0 aliphatic heterocycles. The second-order valence-electron chi connectivity index (χ2n) is 3.48. The first-order chi connectivity index (χ1) is 4.41. The highest BCUT2D eigenvalue weighted by atomic mass is 16.3. The van der Waals surface area contributed by atoms with Crippen LogP contribution in [0.15, 0.2) is 0 Å². The molecule has 0 saturated heterocycles. The Labute approximate surface area is 62.3 Å². The molecule has 0 fully saturated rings. The van der Waals surface area contributed by atoms with Crippen LogP contribution in [-0.2, 0) is 0 Å². The van der Waals surface area contributed by atoms with Crippen LogP contribution in [0.3, 0.4) is 0 Å². The Bertz CT molecular complexity index is 102. The predicted molar refractivity (Wildman–Crippen MR) is 40.6 cm³/mol. The maximum atomic E-state index is 9.42. The summed E-state index contributed by atoms with van der Waals surface area (Å²) >= 11 is 0. The van der Waals surface area contributed by atoms with Gasteiger partial charge >= 0.3 is 0 Å².